The molecule has 0 spiro atoms. The third-order valence-corrected chi connectivity index (χ3v) is 5.57. The van der Waals surface area contributed by atoms with E-state index in [0.29, 0.717) is 6.54 Å². The van der Waals surface area contributed by atoms with Gasteiger partial charge in [0.25, 0.3) is 17.7 Å². The zero-order chi connectivity index (χ0) is 21.1. The van der Waals surface area contributed by atoms with Gasteiger partial charge in [-0.2, -0.15) is 0 Å². The number of hydrogen-bond acceptors (Lipinski definition) is 6. The molecular weight excluding hydrogens is 392 g/mol. The number of imide groups is 1. The predicted octanol–water partition coefficient (Wildman–Crippen LogP) is 2.57. The maximum Gasteiger partial charge on any atom is 0.330 e. The molecular formula is C21H22N2O5S. The summed E-state index contributed by atoms with van der Waals surface area (Å²) < 4.78 is 5.20. The van der Waals surface area contributed by atoms with Gasteiger partial charge in [0, 0.05) is 11.9 Å². The second-order valence-electron chi connectivity index (χ2n) is 7.15. The van der Waals surface area contributed by atoms with Gasteiger partial charge in [0.2, 0.25) is 0 Å². The molecule has 1 unspecified atom stereocenters. The monoisotopic (exact) mass is 414 g/mol. The van der Waals surface area contributed by atoms with Gasteiger partial charge in [-0.25, -0.2) is 4.79 Å². The average Bonchev–Trinajstić information content (AvgIpc) is 3.29. The molecule has 3 rings (SSSR count). The van der Waals surface area contributed by atoms with Gasteiger partial charge in [-0.05, 0) is 29.5 Å². The number of hydrogen-bond donors (Lipinski definition) is 0. The highest BCUT2D eigenvalue weighted by atomic mass is 32.1. The van der Waals surface area contributed by atoms with Crippen LogP contribution < -0.4 is 0 Å². The van der Waals surface area contributed by atoms with E-state index in [1.165, 1.54) is 16.2 Å². The van der Waals surface area contributed by atoms with Crippen molar-refractivity contribution in [3.8, 4) is 0 Å². The molecule has 1 atom stereocenters. The van der Waals surface area contributed by atoms with E-state index in [9.17, 15) is 19.2 Å². The van der Waals surface area contributed by atoms with Crippen molar-refractivity contribution in [2.75, 3.05) is 13.7 Å². The van der Waals surface area contributed by atoms with Crippen molar-refractivity contribution in [3.63, 3.8) is 0 Å². The molecule has 29 heavy (non-hydrogen) atoms. The number of esters is 1. The highest BCUT2D eigenvalue weighted by Crippen LogP contribution is 2.27. The fraction of sp³-hybridized carbons (Fsp3) is 0.333. The first-order valence-corrected chi connectivity index (χ1v) is 10.1. The Hall–Kier alpha value is -3.00. The van der Waals surface area contributed by atoms with Gasteiger partial charge in [0.05, 0.1) is 17.7 Å². The van der Waals surface area contributed by atoms with Crippen molar-refractivity contribution < 1.29 is 23.9 Å². The van der Waals surface area contributed by atoms with Crippen LogP contribution in [-0.2, 0) is 20.9 Å². The zero-order valence-corrected chi connectivity index (χ0v) is 17.3. The number of likely N-dealkylation sites (N-methyl/N-ethyl adjacent to an activating group) is 1. The Morgan fingerprint density at radius 2 is 1.69 bits per heavy atom. The van der Waals surface area contributed by atoms with Crippen LogP contribution in [0.3, 0.4) is 0 Å². The first-order valence-electron chi connectivity index (χ1n) is 9.21. The third-order valence-electron chi connectivity index (χ3n) is 4.71. The van der Waals surface area contributed by atoms with Crippen LogP contribution in [0, 0.1) is 5.92 Å². The standard InChI is InChI=1S/C21H22N2O5S/c1-13(2)18(23-19(25)15-8-4-5-9-16(15)20(23)26)21(27)28-12-17(24)22(3)11-14-7-6-10-29-14/h4-10,13,18H,11-12H2,1-3H3. The Balaban J connectivity index is 1.67. The summed E-state index contributed by atoms with van der Waals surface area (Å²) in [6, 6.07) is 9.16. The normalized spacial score (nSPS) is 14.1. The quantitative estimate of drug-likeness (QED) is 0.514. The molecule has 0 saturated carbocycles. The highest BCUT2D eigenvalue weighted by molar-refractivity contribution is 7.09. The molecule has 1 aromatic heterocycles. The number of amides is 3. The van der Waals surface area contributed by atoms with Crippen LogP contribution in [0.25, 0.3) is 0 Å². The van der Waals surface area contributed by atoms with E-state index in [0.717, 1.165) is 9.78 Å². The Bertz CT molecular complexity index is 903. The minimum atomic E-state index is -1.10. The highest BCUT2D eigenvalue weighted by Gasteiger charge is 2.44. The van der Waals surface area contributed by atoms with E-state index in [-0.39, 0.29) is 23.0 Å². The van der Waals surface area contributed by atoms with Crippen molar-refractivity contribution in [1.29, 1.82) is 0 Å². The summed E-state index contributed by atoms with van der Waals surface area (Å²) in [6.07, 6.45) is 0. The van der Waals surface area contributed by atoms with Crippen LogP contribution in [0.2, 0.25) is 0 Å². The summed E-state index contributed by atoms with van der Waals surface area (Å²) in [4.78, 5) is 53.8. The Kier molecular flexibility index (Phi) is 6.12. The summed E-state index contributed by atoms with van der Waals surface area (Å²) in [5.74, 6) is -2.56. The molecule has 0 aliphatic carbocycles. The molecule has 152 valence electrons. The molecule has 3 amide bonds. The molecule has 0 radical (unpaired) electrons. The molecule has 0 fully saturated rings. The summed E-state index contributed by atoms with van der Waals surface area (Å²) in [5.41, 5.74) is 0.533. The van der Waals surface area contributed by atoms with Gasteiger partial charge in [0.1, 0.15) is 6.04 Å². The summed E-state index contributed by atoms with van der Waals surface area (Å²) in [6.45, 7) is 3.41. The Morgan fingerprint density at radius 3 is 2.21 bits per heavy atom. The molecule has 2 heterocycles. The van der Waals surface area contributed by atoms with Crippen LogP contribution in [-0.4, -0.2) is 53.2 Å². The third kappa shape index (κ3) is 4.22. The minimum Gasteiger partial charge on any atom is -0.454 e. The lowest BCUT2D eigenvalue weighted by atomic mass is 10.0. The smallest absolute Gasteiger partial charge is 0.330 e. The maximum atomic E-state index is 12.7. The second-order valence-corrected chi connectivity index (χ2v) is 8.18. The summed E-state index contributed by atoms with van der Waals surface area (Å²) in [5, 5.41) is 1.92. The lowest BCUT2D eigenvalue weighted by Crippen LogP contribution is -2.49. The topological polar surface area (TPSA) is 84.0 Å². The SMILES string of the molecule is CC(C)C(C(=O)OCC(=O)N(C)Cc1cccs1)N1C(=O)c2ccccc2C1=O. The van der Waals surface area contributed by atoms with Gasteiger partial charge in [-0.3, -0.25) is 19.3 Å². The molecule has 1 aromatic carbocycles. The van der Waals surface area contributed by atoms with E-state index >= 15 is 0 Å². The van der Waals surface area contributed by atoms with E-state index in [2.05, 4.69) is 0 Å². The Labute approximate surface area is 172 Å². The second kappa shape index (κ2) is 8.57. The molecule has 2 aromatic rings. The number of fused-ring (bicyclic) bond motifs is 1. The number of rotatable bonds is 7. The average molecular weight is 414 g/mol. The Morgan fingerprint density at radius 1 is 1.07 bits per heavy atom. The van der Waals surface area contributed by atoms with Gasteiger partial charge in [-0.1, -0.05) is 32.0 Å². The van der Waals surface area contributed by atoms with Crippen LogP contribution in [0.5, 0.6) is 0 Å². The molecule has 7 nitrogen and oxygen atoms in total. The largest absolute Gasteiger partial charge is 0.454 e. The van der Waals surface area contributed by atoms with E-state index in [1.54, 1.807) is 45.2 Å². The molecule has 8 heteroatoms. The first kappa shape index (κ1) is 20.7. The zero-order valence-electron chi connectivity index (χ0n) is 16.5. The minimum absolute atomic E-state index is 0.266. The number of carbonyl (C=O) groups excluding carboxylic acids is 4. The van der Waals surface area contributed by atoms with E-state index in [1.807, 2.05) is 17.5 Å². The number of thiophene rings is 1. The fourth-order valence-corrected chi connectivity index (χ4v) is 3.95. The summed E-state index contributed by atoms with van der Waals surface area (Å²) in [7, 11) is 1.62. The van der Waals surface area contributed by atoms with Gasteiger partial charge >= 0.3 is 5.97 Å². The van der Waals surface area contributed by atoms with Crippen LogP contribution in [0.4, 0.5) is 0 Å². The van der Waals surface area contributed by atoms with Crippen LogP contribution in [0.15, 0.2) is 41.8 Å². The van der Waals surface area contributed by atoms with Crippen molar-refractivity contribution in [2.45, 2.75) is 26.4 Å². The van der Waals surface area contributed by atoms with Gasteiger partial charge in [0.15, 0.2) is 6.61 Å². The molecule has 0 saturated heterocycles. The lowest BCUT2D eigenvalue weighted by Gasteiger charge is -2.27. The van der Waals surface area contributed by atoms with Crippen LogP contribution >= 0.6 is 11.3 Å². The van der Waals surface area contributed by atoms with Crippen molar-refractivity contribution >= 4 is 35.0 Å². The van der Waals surface area contributed by atoms with Crippen molar-refractivity contribution in [1.82, 2.24) is 9.80 Å². The van der Waals surface area contributed by atoms with Crippen LogP contribution in [0.1, 0.15) is 39.4 Å². The molecule has 0 bridgehead atoms. The molecule has 1 aliphatic rings. The lowest BCUT2D eigenvalue weighted by molar-refractivity contribution is -0.156. The maximum absolute atomic E-state index is 12.7. The van der Waals surface area contributed by atoms with Gasteiger partial charge in [-0.15, -0.1) is 11.3 Å². The fourth-order valence-electron chi connectivity index (χ4n) is 3.19. The summed E-state index contributed by atoms with van der Waals surface area (Å²) >= 11 is 1.53. The number of ether oxygens (including phenoxy) is 1. The van der Waals surface area contributed by atoms with Crippen molar-refractivity contribution in [2.24, 2.45) is 5.92 Å². The number of nitrogens with zero attached hydrogens (tertiary/aromatic N) is 2. The number of carbonyl (C=O) groups is 4. The van der Waals surface area contributed by atoms with E-state index in [4.69, 9.17) is 4.74 Å². The first-order chi connectivity index (χ1) is 13.8. The number of benzene rings is 1. The molecule has 1 aliphatic heterocycles. The predicted molar refractivity (Wildman–Crippen MR) is 107 cm³/mol. The van der Waals surface area contributed by atoms with Gasteiger partial charge < -0.3 is 9.64 Å². The van der Waals surface area contributed by atoms with Crippen molar-refractivity contribution in [3.05, 3.63) is 57.8 Å². The molecule has 0 N–H and O–H groups in total. The van der Waals surface area contributed by atoms with E-state index < -0.39 is 30.4 Å².